The molecule has 0 spiro atoms. The summed E-state index contributed by atoms with van der Waals surface area (Å²) in [6, 6.07) is 6.60. The van der Waals surface area contributed by atoms with Gasteiger partial charge in [0.05, 0.1) is 7.11 Å². The molecule has 2 N–H and O–H groups in total. The third-order valence-corrected chi connectivity index (χ3v) is 4.36. The molecular weight excluding hydrogens is 236 g/mol. The van der Waals surface area contributed by atoms with Crippen LogP contribution in [0.2, 0.25) is 0 Å². The largest absolute Gasteiger partial charge is 0.496 e. The third kappa shape index (κ3) is 3.28. The lowest BCUT2D eigenvalue weighted by Crippen LogP contribution is -2.52. The Balaban J connectivity index is 2.08. The zero-order chi connectivity index (χ0) is 14.0. The average molecular weight is 262 g/mol. The van der Waals surface area contributed by atoms with Crippen molar-refractivity contribution in [3.63, 3.8) is 0 Å². The SMILES string of the molecule is COc1ccc(C)cc1CN1CCC(C)(C)C(N)C1. The Morgan fingerprint density at radius 1 is 1.42 bits per heavy atom. The quantitative estimate of drug-likeness (QED) is 0.910. The van der Waals surface area contributed by atoms with Crippen molar-refractivity contribution in [2.24, 2.45) is 11.1 Å². The Hall–Kier alpha value is -1.06. The fourth-order valence-electron chi connectivity index (χ4n) is 2.66. The van der Waals surface area contributed by atoms with Gasteiger partial charge < -0.3 is 10.5 Å². The first-order valence-electron chi connectivity index (χ1n) is 7.04. The fraction of sp³-hybridized carbons (Fsp3) is 0.625. The smallest absolute Gasteiger partial charge is 0.123 e. The van der Waals surface area contributed by atoms with Crippen molar-refractivity contribution in [1.82, 2.24) is 4.90 Å². The van der Waals surface area contributed by atoms with Gasteiger partial charge in [-0.05, 0) is 31.4 Å². The molecule has 1 atom stereocenters. The highest BCUT2D eigenvalue weighted by atomic mass is 16.5. The number of piperidine rings is 1. The first kappa shape index (κ1) is 14.4. The van der Waals surface area contributed by atoms with Crippen LogP contribution in [0.15, 0.2) is 18.2 Å². The van der Waals surface area contributed by atoms with Crippen LogP contribution < -0.4 is 10.5 Å². The maximum Gasteiger partial charge on any atom is 0.123 e. The van der Waals surface area contributed by atoms with Crippen LogP contribution in [-0.4, -0.2) is 31.1 Å². The second-order valence-electron chi connectivity index (χ2n) is 6.40. The van der Waals surface area contributed by atoms with Gasteiger partial charge in [0.1, 0.15) is 5.75 Å². The minimum absolute atomic E-state index is 0.247. The Labute approximate surface area is 116 Å². The summed E-state index contributed by atoms with van der Waals surface area (Å²) in [5.41, 5.74) is 9.08. The maximum atomic E-state index is 6.28. The molecule has 1 aromatic rings. The molecule has 1 unspecified atom stereocenters. The second kappa shape index (κ2) is 5.51. The van der Waals surface area contributed by atoms with Crippen LogP contribution in [0.25, 0.3) is 0 Å². The Morgan fingerprint density at radius 3 is 2.79 bits per heavy atom. The van der Waals surface area contributed by atoms with Gasteiger partial charge in [-0.3, -0.25) is 4.90 Å². The number of methoxy groups -OCH3 is 1. The molecule has 1 aromatic carbocycles. The van der Waals surface area contributed by atoms with E-state index in [1.807, 2.05) is 0 Å². The summed E-state index contributed by atoms with van der Waals surface area (Å²) in [5, 5.41) is 0. The minimum Gasteiger partial charge on any atom is -0.496 e. The number of nitrogens with zero attached hydrogens (tertiary/aromatic N) is 1. The highest BCUT2D eigenvalue weighted by Crippen LogP contribution is 2.30. The van der Waals surface area contributed by atoms with E-state index in [2.05, 4.69) is 43.9 Å². The lowest BCUT2D eigenvalue weighted by atomic mass is 9.78. The van der Waals surface area contributed by atoms with E-state index >= 15 is 0 Å². The lowest BCUT2D eigenvalue weighted by molar-refractivity contribution is 0.100. The molecule has 106 valence electrons. The topological polar surface area (TPSA) is 38.5 Å². The predicted octanol–water partition coefficient (Wildman–Crippen LogP) is 2.56. The molecule has 1 aliphatic heterocycles. The molecular formula is C16H26N2O. The summed E-state index contributed by atoms with van der Waals surface area (Å²) in [5.74, 6) is 0.976. The molecule has 0 aromatic heterocycles. The summed E-state index contributed by atoms with van der Waals surface area (Å²) in [4.78, 5) is 2.44. The van der Waals surface area contributed by atoms with Gasteiger partial charge in [-0.2, -0.15) is 0 Å². The van der Waals surface area contributed by atoms with Gasteiger partial charge in [0.25, 0.3) is 0 Å². The molecule has 3 nitrogen and oxygen atoms in total. The monoisotopic (exact) mass is 262 g/mol. The van der Waals surface area contributed by atoms with Gasteiger partial charge in [-0.25, -0.2) is 0 Å². The van der Waals surface area contributed by atoms with Crippen LogP contribution in [0.4, 0.5) is 0 Å². The first-order valence-corrected chi connectivity index (χ1v) is 7.04. The molecule has 1 fully saturated rings. The molecule has 0 saturated carbocycles. The summed E-state index contributed by atoms with van der Waals surface area (Å²) in [6.07, 6.45) is 1.16. The molecule has 0 amide bonds. The zero-order valence-electron chi connectivity index (χ0n) is 12.6. The highest BCUT2D eigenvalue weighted by Gasteiger charge is 2.32. The number of hydrogen-bond acceptors (Lipinski definition) is 3. The molecule has 0 radical (unpaired) electrons. The van der Waals surface area contributed by atoms with E-state index in [4.69, 9.17) is 10.5 Å². The summed E-state index contributed by atoms with van der Waals surface area (Å²) in [7, 11) is 1.74. The van der Waals surface area contributed by atoms with Crippen molar-refractivity contribution >= 4 is 0 Å². The van der Waals surface area contributed by atoms with Gasteiger partial charge in [-0.1, -0.05) is 31.5 Å². The van der Waals surface area contributed by atoms with Gasteiger partial charge in [0, 0.05) is 24.7 Å². The highest BCUT2D eigenvalue weighted by molar-refractivity contribution is 5.36. The number of ether oxygens (including phenoxy) is 1. The van der Waals surface area contributed by atoms with Gasteiger partial charge >= 0.3 is 0 Å². The second-order valence-corrected chi connectivity index (χ2v) is 6.40. The van der Waals surface area contributed by atoms with Crippen LogP contribution in [0.1, 0.15) is 31.4 Å². The molecule has 0 bridgehead atoms. The van der Waals surface area contributed by atoms with E-state index in [0.29, 0.717) is 0 Å². The molecule has 1 saturated heterocycles. The molecule has 19 heavy (non-hydrogen) atoms. The van der Waals surface area contributed by atoms with Crippen LogP contribution in [0.5, 0.6) is 5.75 Å². The van der Waals surface area contributed by atoms with Crippen molar-refractivity contribution in [1.29, 1.82) is 0 Å². The Bertz CT molecular complexity index is 442. The number of aryl methyl sites for hydroxylation is 1. The summed E-state index contributed by atoms with van der Waals surface area (Å²) < 4.78 is 5.45. The van der Waals surface area contributed by atoms with Crippen molar-refractivity contribution in [3.05, 3.63) is 29.3 Å². The molecule has 0 aliphatic carbocycles. The number of nitrogens with two attached hydrogens (primary N) is 1. The summed E-state index contributed by atoms with van der Waals surface area (Å²) >= 11 is 0. The number of benzene rings is 1. The van der Waals surface area contributed by atoms with Gasteiger partial charge in [0.15, 0.2) is 0 Å². The van der Waals surface area contributed by atoms with E-state index in [1.54, 1.807) is 7.11 Å². The number of rotatable bonds is 3. The Kier molecular flexibility index (Phi) is 4.16. The van der Waals surface area contributed by atoms with Crippen molar-refractivity contribution in [3.8, 4) is 5.75 Å². The maximum absolute atomic E-state index is 6.28. The molecule has 2 rings (SSSR count). The zero-order valence-corrected chi connectivity index (χ0v) is 12.6. The first-order chi connectivity index (χ1) is 8.92. The van der Waals surface area contributed by atoms with E-state index in [9.17, 15) is 0 Å². The normalized spacial score (nSPS) is 23.3. The summed E-state index contributed by atoms with van der Waals surface area (Å²) in [6.45, 7) is 9.65. The minimum atomic E-state index is 0.247. The van der Waals surface area contributed by atoms with Crippen molar-refractivity contribution in [2.45, 2.75) is 39.8 Å². The van der Waals surface area contributed by atoms with E-state index in [1.165, 1.54) is 11.1 Å². The van der Waals surface area contributed by atoms with Crippen molar-refractivity contribution < 1.29 is 4.74 Å². The number of likely N-dealkylation sites (tertiary alicyclic amines) is 1. The van der Waals surface area contributed by atoms with Crippen LogP contribution >= 0.6 is 0 Å². The standard InChI is InChI=1S/C16H26N2O/c1-12-5-6-14(19-4)13(9-12)10-18-8-7-16(2,3)15(17)11-18/h5-6,9,15H,7-8,10-11,17H2,1-4H3. The van der Waals surface area contributed by atoms with Gasteiger partial charge in [0.2, 0.25) is 0 Å². The molecule has 3 heteroatoms. The van der Waals surface area contributed by atoms with Crippen LogP contribution in [0.3, 0.4) is 0 Å². The van der Waals surface area contributed by atoms with Crippen LogP contribution in [0, 0.1) is 12.3 Å². The van der Waals surface area contributed by atoms with E-state index < -0.39 is 0 Å². The molecule has 1 heterocycles. The van der Waals surface area contributed by atoms with Crippen molar-refractivity contribution in [2.75, 3.05) is 20.2 Å². The van der Waals surface area contributed by atoms with Crippen LogP contribution in [-0.2, 0) is 6.54 Å². The predicted molar refractivity (Wildman–Crippen MR) is 79.4 cm³/mol. The van der Waals surface area contributed by atoms with Gasteiger partial charge in [-0.15, -0.1) is 0 Å². The number of hydrogen-bond donors (Lipinski definition) is 1. The van der Waals surface area contributed by atoms with E-state index in [0.717, 1.165) is 31.8 Å². The average Bonchev–Trinajstić information content (AvgIpc) is 2.35. The lowest BCUT2D eigenvalue weighted by Gasteiger charge is -2.42. The third-order valence-electron chi connectivity index (χ3n) is 4.36. The van der Waals surface area contributed by atoms with E-state index in [-0.39, 0.29) is 11.5 Å². The molecule has 1 aliphatic rings. The Morgan fingerprint density at radius 2 is 2.16 bits per heavy atom. The fourth-order valence-corrected chi connectivity index (χ4v) is 2.66.